The number of nitrogens with one attached hydrogen (secondary N) is 1. The van der Waals surface area contributed by atoms with E-state index in [0.29, 0.717) is 12.1 Å². The van der Waals surface area contributed by atoms with Crippen molar-refractivity contribution in [3.63, 3.8) is 0 Å². The molecule has 1 saturated carbocycles. The molecular weight excluding hydrogens is 259 g/mol. The Hall–Kier alpha value is -1.62. The molecule has 0 spiro atoms. The fraction of sp³-hybridized carbons (Fsp3) is 0.533. The van der Waals surface area contributed by atoms with Crippen LogP contribution in [-0.2, 0) is 0 Å². The summed E-state index contributed by atoms with van der Waals surface area (Å²) >= 11 is 0. The van der Waals surface area contributed by atoms with Crippen LogP contribution < -0.4 is 15.8 Å². The summed E-state index contributed by atoms with van der Waals surface area (Å²) in [6.07, 6.45) is 5.12. The highest BCUT2D eigenvalue weighted by molar-refractivity contribution is 5.95. The SMILES string of the molecule is COc1cc(C(=O)NC2(CN)CCCCC2)ccc1F. The van der Waals surface area contributed by atoms with Crippen LogP contribution in [0.1, 0.15) is 42.5 Å². The van der Waals surface area contributed by atoms with Gasteiger partial charge in [0.05, 0.1) is 12.6 Å². The van der Waals surface area contributed by atoms with Crippen molar-refractivity contribution < 1.29 is 13.9 Å². The van der Waals surface area contributed by atoms with Gasteiger partial charge in [-0.3, -0.25) is 4.79 Å². The molecule has 0 radical (unpaired) electrons. The van der Waals surface area contributed by atoms with Crippen LogP contribution in [0.25, 0.3) is 0 Å². The molecule has 3 N–H and O–H groups in total. The fourth-order valence-electron chi connectivity index (χ4n) is 2.72. The van der Waals surface area contributed by atoms with Gasteiger partial charge in [-0.2, -0.15) is 0 Å². The number of rotatable bonds is 4. The third kappa shape index (κ3) is 3.10. The Morgan fingerprint density at radius 1 is 1.40 bits per heavy atom. The Morgan fingerprint density at radius 3 is 2.70 bits per heavy atom. The standard InChI is InChI=1S/C15H21FN2O2/c1-20-13-9-11(5-6-12(13)16)14(19)18-15(10-17)7-3-2-4-8-15/h5-6,9H,2-4,7-8,10,17H2,1H3,(H,18,19). The maximum Gasteiger partial charge on any atom is 0.251 e. The first-order valence-electron chi connectivity index (χ1n) is 6.96. The maximum absolute atomic E-state index is 13.4. The number of halogens is 1. The molecule has 0 saturated heterocycles. The van der Waals surface area contributed by atoms with Gasteiger partial charge in [0.25, 0.3) is 5.91 Å². The van der Waals surface area contributed by atoms with E-state index in [1.165, 1.54) is 31.7 Å². The maximum atomic E-state index is 13.4. The molecule has 1 aromatic rings. The third-order valence-corrected chi connectivity index (χ3v) is 3.99. The molecule has 0 aromatic heterocycles. The van der Waals surface area contributed by atoms with Crippen LogP contribution >= 0.6 is 0 Å². The molecule has 0 aliphatic heterocycles. The molecule has 1 aliphatic carbocycles. The minimum Gasteiger partial charge on any atom is -0.494 e. The first kappa shape index (κ1) is 14.8. The zero-order valence-corrected chi connectivity index (χ0v) is 11.7. The summed E-state index contributed by atoms with van der Waals surface area (Å²) in [6, 6.07) is 4.11. The third-order valence-electron chi connectivity index (χ3n) is 3.99. The van der Waals surface area contributed by atoms with Gasteiger partial charge in [-0.25, -0.2) is 4.39 Å². The van der Waals surface area contributed by atoms with E-state index >= 15 is 0 Å². The van der Waals surface area contributed by atoms with Crippen molar-refractivity contribution in [2.24, 2.45) is 5.73 Å². The van der Waals surface area contributed by atoms with Crippen LogP contribution in [0.15, 0.2) is 18.2 Å². The summed E-state index contributed by atoms with van der Waals surface area (Å²) in [6.45, 7) is 0.428. The lowest BCUT2D eigenvalue weighted by molar-refractivity contribution is 0.0874. The minimum atomic E-state index is -0.477. The number of ether oxygens (including phenoxy) is 1. The fourth-order valence-corrected chi connectivity index (χ4v) is 2.72. The zero-order valence-electron chi connectivity index (χ0n) is 11.7. The van der Waals surface area contributed by atoms with Crippen molar-refractivity contribution >= 4 is 5.91 Å². The van der Waals surface area contributed by atoms with Crippen molar-refractivity contribution in [3.8, 4) is 5.75 Å². The number of methoxy groups -OCH3 is 1. The Labute approximate surface area is 118 Å². The van der Waals surface area contributed by atoms with Crippen LogP contribution in [0.2, 0.25) is 0 Å². The second-order valence-corrected chi connectivity index (χ2v) is 5.35. The molecule has 5 heteroatoms. The van der Waals surface area contributed by atoms with Gasteiger partial charge in [-0.15, -0.1) is 0 Å². The first-order valence-corrected chi connectivity index (χ1v) is 6.96. The normalized spacial score (nSPS) is 17.6. The molecule has 0 atom stereocenters. The number of benzene rings is 1. The van der Waals surface area contributed by atoms with Gasteiger partial charge in [-0.1, -0.05) is 19.3 Å². The number of hydrogen-bond acceptors (Lipinski definition) is 3. The second-order valence-electron chi connectivity index (χ2n) is 5.35. The van der Waals surface area contributed by atoms with Crippen LogP contribution in [0.3, 0.4) is 0 Å². The summed E-state index contributed by atoms with van der Waals surface area (Å²) in [5, 5.41) is 3.03. The molecule has 2 rings (SSSR count). The average molecular weight is 280 g/mol. The topological polar surface area (TPSA) is 64.3 Å². The van der Waals surface area contributed by atoms with Crippen molar-refractivity contribution in [2.75, 3.05) is 13.7 Å². The second kappa shape index (κ2) is 6.22. The number of nitrogens with two attached hydrogens (primary N) is 1. The molecule has 1 aromatic carbocycles. The predicted molar refractivity (Wildman–Crippen MR) is 75.3 cm³/mol. The van der Waals surface area contributed by atoms with E-state index < -0.39 is 5.82 Å². The molecule has 1 amide bonds. The van der Waals surface area contributed by atoms with E-state index in [0.717, 1.165) is 25.7 Å². The molecule has 1 aliphatic rings. The Morgan fingerprint density at radius 2 is 2.10 bits per heavy atom. The van der Waals surface area contributed by atoms with Crippen LogP contribution in [0, 0.1) is 5.82 Å². The molecule has 110 valence electrons. The highest BCUT2D eigenvalue weighted by Gasteiger charge is 2.32. The molecule has 4 nitrogen and oxygen atoms in total. The zero-order chi connectivity index (χ0) is 14.6. The van der Waals surface area contributed by atoms with Crippen molar-refractivity contribution in [3.05, 3.63) is 29.6 Å². The van der Waals surface area contributed by atoms with Crippen molar-refractivity contribution in [2.45, 2.75) is 37.6 Å². The van der Waals surface area contributed by atoms with Gasteiger partial charge in [0.1, 0.15) is 0 Å². The Balaban J connectivity index is 2.14. The summed E-state index contributed by atoms with van der Waals surface area (Å²) in [5.74, 6) is -0.631. The van der Waals surface area contributed by atoms with Gasteiger partial charge in [-0.05, 0) is 31.0 Å². The van der Waals surface area contributed by atoms with Crippen molar-refractivity contribution in [1.82, 2.24) is 5.32 Å². The smallest absolute Gasteiger partial charge is 0.251 e. The summed E-state index contributed by atoms with van der Waals surface area (Å²) < 4.78 is 18.3. The van der Waals surface area contributed by atoms with Crippen molar-refractivity contribution in [1.29, 1.82) is 0 Å². The summed E-state index contributed by atoms with van der Waals surface area (Å²) in [7, 11) is 1.38. The number of carbonyl (C=O) groups is 1. The van der Waals surface area contributed by atoms with Gasteiger partial charge in [0.15, 0.2) is 11.6 Å². The van der Waals surface area contributed by atoms with E-state index in [4.69, 9.17) is 10.5 Å². The number of amides is 1. The van der Waals surface area contributed by atoms with Crippen LogP contribution in [0.4, 0.5) is 4.39 Å². The molecular formula is C15H21FN2O2. The quantitative estimate of drug-likeness (QED) is 0.889. The molecule has 0 heterocycles. The lowest BCUT2D eigenvalue weighted by Gasteiger charge is -2.37. The summed E-state index contributed by atoms with van der Waals surface area (Å²) in [4.78, 5) is 12.3. The predicted octanol–water partition coefficient (Wildman–Crippen LogP) is 2.23. The molecule has 0 unspecified atom stereocenters. The van der Waals surface area contributed by atoms with Crippen LogP contribution in [-0.4, -0.2) is 25.1 Å². The highest BCUT2D eigenvalue weighted by Crippen LogP contribution is 2.28. The molecule has 0 bridgehead atoms. The van der Waals surface area contributed by atoms with Gasteiger partial charge >= 0.3 is 0 Å². The summed E-state index contributed by atoms with van der Waals surface area (Å²) in [5.41, 5.74) is 5.91. The molecule has 1 fully saturated rings. The van der Waals surface area contributed by atoms with Gasteiger partial charge < -0.3 is 15.8 Å². The number of hydrogen-bond donors (Lipinski definition) is 2. The molecule has 20 heavy (non-hydrogen) atoms. The monoisotopic (exact) mass is 280 g/mol. The van der Waals surface area contributed by atoms with E-state index in [1.807, 2.05) is 0 Å². The Kier molecular flexibility index (Phi) is 4.60. The number of carbonyl (C=O) groups excluding carboxylic acids is 1. The average Bonchev–Trinajstić information content (AvgIpc) is 2.48. The van der Waals surface area contributed by atoms with E-state index in [9.17, 15) is 9.18 Å². The van der Waals surface area contributed by atoms with Crippen LogP contribution in [0.5, 0.6) is 5.75 Å². The Bertz CT molecular complexity index is 485. The highest BCUT2D eigenvalue weighted by atomic mass is 19.1. The largest absolute Gasteiger partial charge is 0.494 e. The lowest BCUT2D eigenvalue weighted by atomic mass is 9.81. The lowest BCUT2D eigenvalue weighted by Crippen LogP contribution is -2.54. The van der Waals surface area contributed by atoms with Gasteiger partial charge in [0, 0.05) is 12.1 Å². The van der Waals surface area contributed by atoms with E-state index in [1.54, 1.807) is 0 Å². The first-order chi connectivity index (χ1) is 9.60. The van der Waals surface area contributed by atoms with E-state index in [2.05, 4.69) is 5.32 Å². The van der Waals surface area contributed by atoms with E-state index in [-0.39, 0.29) is 17.2 Å². The van der Waals surface area contributed by atoms with Gasteiger partial charge in [0.2, 0.25) is 0 Å². The minimum absolute atomic E-state index is 0.0723.